The molecule has 2 aromatic carbocycles. The van der Waals surface area contributed by atoms with Crippen LogP contribution in [-0.2, 0) is 14.3 Å². The second-order valence-corrected chi connectivity index (χ2v) is 9.94. The fourth-order valence-electron chi connectivity index (χ4n) is 3.22. The zero-order valence-electron chi connectivity index (χ0n) is 19.8. The van der Waals surface area contributed by atoms with Gasteiger partial charge in [0.2, 0.25) is 6.41 Å². The summed E-state index contributed by atoms with van der Waals surface area (Å²) in [4.78, 5) is 20.0. The average Bonchev–Trinajstić information content (AvgIpc) is 3.20. The minimum atomic E-state index is -0.491. The molecule has 2 N–H and O–H groups in total. The molecule has 0 radical (unpaired) electrons. The van der Waals surface area contributed by atoms with Gasteiger partial charge in [-0.2, -0.15) is 0 Å². The molecule has 33 heavy (non-hydrogen) atoms. The fraction of sp³-hybridized carbons (Fsp3) is 0.440. The summed E-state index contributed by atoms with van der Waals surface area (Å²) < 4.78 is 18.1. The highest BCUT2D eigenvalue weighted by molar-refractivity contribution is 6.31. The van der Waals surface area contributed by atoms with Crippen molar-refractivity contribution >= 4 is 41.8 Å². The first kappa shape index (κ1) is 28.9. The third-order valence-corrected chi connectivity index (χ3v) is 4.96. The number of carbonyl (C=O) groups excluding carboxylic acids is 2. The second-order valence-electron chi connectivity index (χ2n) is 9.09. The quantitative estimate of drug-likeness (QED) is 0.451. The molecule has 0 spiro atoms. The van der Waals surface area contributed by atoms with Crippen LogP contribution in [-0.4, -0.2) is 32.6 Å². The largest absolute Gasteiger partial charge is 0.468 e. The second kappa shape index (κ2) is 14.2. The van der Waals surface area contributed by atoms with Crippen LogP contribution in [0.25, 0.3) is 0 Å². The van der Waals surface area contributed by atoms with E-state index < -0.39 is 5.82 Å². The van der Waals surface area contributed by atoms with Crippen LogP contribution < -0.4 is 10.6 Å². The van der Waals surface area contributed by atoms with E-state index in [0.29, 0.717) is 42.2 Å². The highest BCUT2D eigenvalue weighted by atomic mass is 35.5. The first-order valence-electron chi connectivity index (χ1n) is 10.7. The Kier molecular flexibility index (Phi) is 12.4. The van der Waals surface area contributed by atoms with Gasteiger partial charge in [-0.3, -0.25) is 9.59 Å². The molecule has 2 unspecified atom stereocenters. The lowest BCUT2D eigenvalue weighted by Crippen LogP contribution is -2.12. The molecule has 0 saturated carbocycles. The molecule has 8 heteroatoms. The van der Waals surface area contributed by atoms with Gasteiger partial charge in [0.15, 0.2) is 0 Å². The lowest BCUT2D eigenvalue weighted by atomic mass is 9.83. The van der Waals surface area contributed by atoms with Gasteiger partial charge in [-0.25, -0.2) is 4.39 Å². The van der Waals surface area contributed by atoms with E-state index in [0.717, 1.165) is 17.7 Å². The van der Waals surface area contributed by atoms with Crippen LogP contribution >= 0.6 is 23.2 Å². The Balaban J connectivity index is 0.000000460. The molecule has 1 fully saturated rings. The molecule has 2 atom stereocenters. The van der Waals surface area contributed by atoms with E-state index in [9.17, 15) is 14.0 Å². The molecule has 0 aromatic heterocycles. The topological polar surface area (TPSA) is 67.4 Å². The Labute approximate surface area is 206 Å². The van der Waals surface area contributed by atoms with Crippen LogP contribution in [0, 0.1) is 11.2 Å². The highest BCUT2D eigenvalue weighted by Gasteiger charge is 2.32. The Bertz CT molecular complexity index is 898. The third kappa shape index (κ3) is 10.5. The van der Waals surface area contributed by atoms with Gasteiger partial charge in [-0.05, 0) is 47.7 Å². The fourth-order valence-corrected chi connectivity index (χ4v) is 3.58. The van der Waals surface area contributed by atoms with Crippen molar-refractivity contribution in [1.82, 2.24) is 5.32 Å². The summed E-state index contributed by atoms with van der Waals surface area (Å²) in [5.74, 6) is -0.334. The molecule has 2 aromatic rings. The van der Waals surface area contributed by atoms with E-state index >= 15 is 0 Å². The minimum Gasteiger partial charge on any atom is -0.468 e. The Morgan fingerprint density at radius 3 is 2.27 bits per heavy atom. The van der Waals surface area contributed by atoms with E-state index in [2.05, 4.69) is 43.1 Å². The summed E-state index contributed by atoms with van der Waals surface area (Å²) in [6, 6.07) is 10.5. The molecule has 5 nitrogen and oxygen atoms in total. The van der Waals surface area contributed by atoms with Crippen molar-refractivity contribution in [2.75, 3.05) is 25.0 Å². The number of nitrogens with one attached hydrogen (secondary N) is 2. The normalized spacial score (nSPS) is 17.1. The average molecular weight is 499 g/mol. The number of amides is 1. The van der Waals surface area contributed by atoms with Gasteiger partial charge >= 0.3 is 0 Å². The van der Waals surface area contributed by atoms with Crippen molar-refractivity contribution in [3.8, 4) is 0 Å². The predicted octanol–water partition coefficient (Wildman–Crippen LogP) is 6.40. The summed E-state index contributed by atoms with van der Waals surface area (Å²) >= 11 is 11.9. The maximum atomic E-state index is 14.0. The molecule has 182 valence electrons. The van der Waals surface area contributed by atoms with E-state index in [1.165, 1.54) is 12.1 Å². The summed E-state index contributed by atoms with van der Waals surface area (Å²) in [5.41, 5.74) is 2.85. The molecule has 0 aliphatic carbocycles. The van der Waals surface area contributed by atoms with Gasteiger partial charge in [-0.1, -0.05) is 63.0 Å². The van der Waals surface area contributed by atoms with Crippen LogP contribution in [0.15, 0.2) is 36.4 Å². The summed E-state index contributed by atoms with van der Waals surface area (Å²) in [6.45, 7) is 12.9. The number of hydrogen-bond donors (Lipinski definition) is 2. The summed E-state index contributed by atoms with van der Waals surface area (Å²) in [7, 11) is 0. The standard InChI is InChI=1S/C17H15Cl2FN2O.C5H12.C3H6O2/c18-11-3-1-2-10(4-11)13-7-21-8-14(13)12-5-16(20)15(19)6-17(12)22-9-23;1-5(2,3)4;1-2-5-3-4/h1-6,9,13-14,21H,7-8H2,(H,22,23);1-4H3;3H,2H2,1H3. The van der Waals surface area contributed by atoms with Gasteiger partial charge in [0.1, 0.15) is 5.82 Å². The molecule has 1 saturated heterocycles. The molecular weight excluding hydrogens is 466 g/mol. The maximum absolute atomic E-state index is 14.0. The van der Waals surface area contributed by atoms with E-state index in [1.807, 2.05) is 24.3 Å². The third-order valence-electron chi connectivity index (χ3n) is 4.43. The van der Waals surface area contributed by atoms with Crippen molar-refractivity contribution in [1.29, 1.82) is 0 Å². The molecular formula is C25H33Cl2FN2O3. The zero-order chi connectivity index (χ0) is 25.0. The molecule has 1 aliphatic heterocycles. The SMILES string of the molecule is CC(C)(C)C.CCOC=O.O=CNc1cc(Cl)c(F)cc1C1CNCC1c1cccc(Cl)c1. The monoisotopic (exact) mass is 498 g/mol. The first-order valence-corrected chi connectivity index (χ1v) is 11.5. The van der Waals surface area contributed by atoms with Crippen LogP contribution in [0.2, 0.25) is 10.0 Å². The molecule has 1 heterocycles. The molecule has 1 aliphatic rings. The van der Waals surface area contributed by atoms with Crippen molar-refractivity contribution in [3.05, 3.63) is 63.4 Å². The first-order chi connectivity index (χ1) is 15.5. The number of anilines is 1. The van der Waals surface area contributed by atoms with Gasteiger partial charge < -0.3 is 15.4 Å². The highest BCUT2D eigenvalue weighted by Crippen LogP contribution is 2.41. The molecule has 1 amide bonds. The smallest absolute Gasteiger partial charge is 0.293 e. The number of ether oxygens (including phenoxy) is 1. The number of benzene rings is 2. The van der Waals surface area contributed by atoms with Crippen molar-refractivity contribution in [2.45, 2.75) is 46.5 Å². The summed E-state index contributed by atoms with van der Waals surface area (Å²) in [5, 5.41) is 6.60. The van der Waals surface area contributed by atoms with Crippen LogP contribution in [0.1, 0.15) is 57.6 Å². The Morgan fingerprint density at radius 1 is 1.12 bits per heavy atom. The predicted molar refractivity (Wildman–Crippen MR) is 134 cm³/mol. The van der Waals surface area contributed by atoms with Gasteiger partial charge in [0, 0.05) is 35.6 Å². The Morgan fingerprint density at radius 2 is 1.76 bits per heavy atom. The number of carbonyl (C=O) groups is 2. The van der Waals surface area contributed by atoms with Crippen molar-refractivity contribution < 1.29 is 18.7 Å². The number of rotatable bonds is 6. The van der Waals surface area contributed by atoms with Crippen LogP contribution in [0.3, 0.4) is 0 Å². The van der Waals surface area contributed by atoms with Gasteiger partial charge in [0.05, 0.1) is 11.6 Å². The van der Waals surface area contributed by atoms with E-state index in [1.54, 1.807) is 6.92 Å². The van der Waals surface area contributed by atoms with Crippen molar-refractivity contribution in [2.24, 2.45) is 5.41 Å². The Hall–Kier alpha value is -2.15. The van der Waals surface area contributed by atoms with E-state index in [-0.39, 0.29) is 16.9 Å². The van der Waals surface area contributed by atoms with Crippen LogP contribution in [0.4, 0.5) is 10.1 Å². The number of halogens is 3. The van der Waals surface area contributed by atoms with E-state index in [4.69, 9.17) is 23.2 Å². The molecule has 0 bridgehead atoms. The van der Waals surface area contributed by atoms with Gasteiger partial charge in [-0.15, -0.1) is 0 Å². The van der Waals surface area contributed by atoms with Crippen molar-refractivity contribution in [3.63, 3.8) is 0 Å². The lowest BCUT2D eigenvalue weighted by Gasteiger charge is -2.22. The number of hydrogen-bond acceptors (Lipinski definition) is 4. The molecule has 3 rings (SSSR count). The summed E-state index contributed by atoms with van der Waals surface area (Å²) in [6.07, 6.45) is 0.573. The van der Waals surface area contributed by atoms with Crippen LogP contribution in [0.5, 0.6) is 0 Å². The zero-order valence-corrected chi connectivity index (χ0v) is 21.3. The van der Waals surface area contributed by atoms with Gasteiger partial charge in [0.25, 0.3) is 6.47 Å². The maximum Gasteiger partial charge on any atom is 0.293 e. The lowest BCUT2D eigenvalue weighted by molar-refractivity contribution is -0.128. The minimum absolute atomic E-state index is 0.0108.